The quantitative estimate of drug-likeness (QED) is 0.747. The van der Waals surface area contributed by atoms with Gasteiger partial charge in [0.15, 0.2) is 0 Å². The number of rotatable bonds is 5. The third-order valence-corrected chi connectivity index (χ3v) is 3.12. The maximum Gasteiger partial charge on any atom is 0.252 e. The van der Waals surface area contributed by atoms with E-state index in [4.69, 9.17) is 5.11 Å². The first-order valence-electron chi connectivity index (χ1n) is 6.19. The van der Waals surface area contributed by atoms with Gasteiger partial charge < -0.3 is 15.4 Å². The first-order chi connectivity index (χ1) is 8.74. The van der Waals surface area contributed by atoms with Crippen LogP contribution in [0.1, 0.15) is 18.9 Å². The summed E-state index contributed by atoms with van der Waals surface area (Å²) in [5, 5.41) is 13.3. The Bertz CT molecular complexity index is 573. The lowest BCUT2D eigenvalue weighted by atomic mass is 10.1. The summed E-state index contributed by atoms with van der Waals surface area (Å²) in [5.41, 5.74) is 1.47. The van der Waals surface area contributed by atoms with Crippen LogP contribution >= 0.6 is 0 Å². The van der Waals surface area contributed by atoms with Crippen LogP contribution in [0.25, 0.3) is 10.9 Å². The highest BCUT2D eigenvalue weighted by Gasteiger charge is 2.06. The van der Waals surface area contributed by atoms with Crippen LogP contribution in [0.3, 0.4) is 0 Å². The fraction of sp³-hybridized carbons (Fsp3) is 0.357. The largest absolute Gasteiger partial charge is 0.395 e. The number of aromatic amines is 1. The number of pyridine rings is 1. The average molecular weight is 246 g/mol. The molecule has 0 amide bonds. The summed E-state index contributed by atoms with van der Waals surface area (Å²) in [4.78, 5) is 14.7. The van der Waals surface area contributed by atoms with E-state index in [0.29, 0.717) is 12.1 Å². The normalized spacial score (nSPS) is 12.8. The number of nitrogens with one attached hydrogen (secondary N) is 2. The molecule has 1 aromatic carbocycles. The minimum absolute atomic E-state index is 0.0378. The van der Waals surface area contributed by atoms with E-state index in [2.05, 4.69) is 10.3 Å². The summed E-state index contributed by atoms with van der Waals surface area (Å²) in [7, 11) is 0. The molecule has 1 atom stereocenters. The van der Waals surface area contributed by atoms with Gasteiger partial charge in [0.05, 0.1) is 6.61 Å². The Balaban J connectivity index is 2.23. The standard InChI is InChI=1S/C14H18N2O2/c1-2-12(9-17)15-8-11-7-10-5-3-4-6-13(10)16-14(11)18/h3-7,12,15,17H,2,8-9H2,1H3,(H,16,18)/t12-/m0/s1. The van der Waals surface area contributed by atoms with E-state index >= 15 is 0 Å². The van der Waals surface area contributed by atoms with Gasteiger partial charge in [0.2, 0.25) is 0 Å². The summed E-state index contributed by atoms with van der Waals surface area (Å²) in [5.74, 6) is 0. The van der Waals surface area contributed by atoms with Crippen LogP contribution in [0.15, 0.2) is 35.1 Å². The van der Waals surface area contributed by atoms with E-state index in [1.807, 2.05) is 37.3 Å². The number of aromatic nitrogens is 1. The Morgan fingerprint density at radius 3 is 2.89 bits per heavy atom. The maximum atomic E-state index is 11.9. The van der Waals surface area contributed by atoms with Gasteiger partial charge in [-0.1, -0.05) is 25.1 Å². The Kier molecular flexibility index (Phi) is 4.12. The SMILES string of the molecule is CC[C@@H](CO)NCc1cc2ccccc2[nH]c1=O. The summed E-state index contributed by atoms with van der Waals surface area (Å²) in [6, 6.07) is 9.63. The van der Waals surface area contributed by atoms with Crippen molar-refractivity contribution in [2.45, 2.75) is 25.9 Å². The molecule has 2 rings (SSSR count). The molecule has 1 aromatic heterocycles. The van der Waals surface area contributed by atoms with Crippen molar-refractivity contribution in [3.8, 4) is 0 Å². The fourth-order valence-corrected chi connectivity index (χ4v) is 1.92. The lowest BCUT2D eigenvalue weighted by Gasteiger charge is -2.13. The smallest absolute Gasteiger partial charge is 0.252 e. The van der Waals surface area contributed by atoms with Crippen molar-refractivity contribution in [2.75, 3.05) is 6.61 Å². The van der Waals surface area contributed by atoms with E-state index in [1.54, 1.807) is 0 Å². The number of hydrogen-bond donors (Lipinski definition) is 3. The molecule has 96 valence electrons. The number of benzene rings is 1. The molecule has 1 heterocycles. The van der Waals surface area contributed by atoms with Gasteiger partial charge in [-0.3, -0.25) is 4.79 Å². The van der Waals surface area contributed by atoms with E-state index < -0.39 is 0 Å². The number of fused-ring (bicyclic) bond motifs is 1. The number of aliphatic hydroxyl groups excluding tert-OH is 1. The van der Waals surface area contributed by atoms with Gasteiger partial charge in [0.25, 0.3) is 5.56 Å². The van der Waals surface area contributed by atoms with Crippen LogP contribution in [0.2, 0.25) is 0 Å². The molecule has 0 unspecified atom stereocenters. The van der Waals surface area contributed by atoms with Gasteiger partial charge in [0, 0.05) is 23.7 Å². The van der Waals surface area contributed by atoms with Gasteiger partial charge in [-0.2, -0.15) is 0 Å². The molecule has 0 aliphatic heterocycles. The highest BCUT2D eigenvalue weighted by atomic mass is 16.3. The molecule has 4 nitrogen and oxygen atoms in total. The van der Waals surface area contributed by atoms with Gasteiger partial charge in [0.1, 0.15) is 0 Å². The van der Waals surface area contributed by atoms with Crippen LogP contribution in [0, 0.1) is 0 Å². The molecule has 0 saturated carbocycles. The van der Waals surface area contributed by atoms with Crippen molar-refractivity contribution in [1.82, 2.24) is 10.3 Å². The highest BCUT2D eigenvalue weighted by molar-refractivity contribution is 5.78. The molecule has 18 heavy (non-hydrogen) atoms. The van der Waals surface area contributed by atoms with Crippen LogP contribution < -0.4 is 10.9 Å². The van der Waals surface area contributed by atoms with Gasteiger partial charge in [-0.25, -0.2) is 0 Å². The number of H-pyrrole nitrogens is 1. The van der Waals surface area contributed by atoms with E-state index in [0.717, 1.165) is 17.3 Å². The van der Waals surface area contributed by atoms with Crippen molar-refractivity contribution in [3.63, 3.8) is 0 Å². The van der Waals surface area contributed by atoms with Crippen molar-refractivity contribution in [2.24, 2.45) is 0 Å². The molecular weight excluding hydrogens is 228 g/mol. The molecule has 0 spiro atoms. The Morgan fingerprint density at radius 2 is 2.17 bits per heavy atom. The lowest BCUT2D eigenvalue weighted by molar-refractivity contribution is 0.238. The minimum Gasteiger partial charge on any atom is -0.395 e. The molecule has 0 fully saturated rings. The average Bonchev–Trinajstić information content (AvgIpc) is 2.40. The monoisotopic (exact) mass is 246 g/mol. The zero-order chi connectivity index (χ0) is 13.0. The van der Waals surface area contributed by atoms with Gasteiger partial charge >= 0.3 is 0 Å². The predicted molar refractivity (Wildman–Crippen MR) is 72.6 cm³/mol. The lowest BCUT2D eigenvalue weighted by Crippen LogP contribution is -2.33. The fourth-order valence-electron chi connectivity index (χ4n) is 1.92. The second-order valence-electron chi connectivity index (χ2n) is 4.38. The molecule has 2 aromatic rings. The van der Waals surface area contributed by atoms with Crippen molar-refractivity contribution in [3.05, 3.63) is 46.2 Å². The topological polar surface area (TPSA) is 65.1 Å². The molecule has 3 N–H and O–H groups in total. The Morgan fingerprint density at radius 1 is 1.39 bits per heavy atom. The zero-order valence-electron chi connectivity index (χ0n) is 10.4. The first kappa shape index (κ1) is 12.8. The Labute approximate surface area is 106 Å². The zero-order valence-corrected chi connectivity index (χ0v) is 10.4. The third kappa shape index (κ3) is 2.78. The van der Waals surface area contributed by atoms with Crippen LogP contribution in [-0.2, 0) is 6.54 Å². The molecule has 0 bridgehead atoms. The van der Waals surface area contributed by atoms with Crippen LogP contribution in [0.5, 0.6) is 0 Å². The maximum absolute atomic E-state index is 11.9. The summed E-state index contributed by atoms with van der Waals surface area (Å²) < 4.78 is 0. The Hall–Kier alpha value is -1.65. The minimum atomic E-state index is -0.0750. The molecule has 0 aliphatic rings. The molecule has 0 saturated heterocycles. The summed E-state index contributed by atoms with van der Waals surface area (Å²) in [6.45, 7) is 2.56. The first-order valence-corrected chi connectivity index (χ1v) is 6.19. The summed E-state index contributed by atoms with van der Waals surface area (Å²) >= 11 is 0. The molecular formula is C14H18N2O2. The number of aliphatic hydroxyl groups is 1. The van der Waals surface area contributed by atoms with E-state index in [1.165, 1.54) is 0 Å². The van der Waals surface area contributed by atoms with Crippen molar-refractivity contribution < 1.29 is 5.11 Å². The summed E-state index contributed by atoms with van der Waals surface area (Å²) in [6.07, 6.45) is 0.835. The molecule has 0 radical (unpaired) electrons. The van der Waals surface area contributed by atoms with Gasteiger partial charge in [-0.15, -0.1) is 0 Å². The third-order valence-electron chi connectivity index (χ3n) is 3.12. The number of hydrogen-bond acceptors (Lipinski definition) is 3. The second kappa shape index (κ2) is 5.80. The van der Waals surface area contributed by atoms with Gasteiger partial charge in [-0.05, 0) is 23.9 Å². The predicted octanol–water partition coefficient (Wildman–Crippen LogP) is 1.39. The van der Waals surface area contributed by atoms with Crippen molar-refractivity contribution >= 4 is 10.9 Å². The van der Waals surface area contributed by atoms with Crippen molar-refractivity contribution in [1.29, 1.82) is 0 Å². The van der Waals surface area contributed by atoms with E-state index in [-0.39, 0.29) is 18.2 Å². The molecule has 4 heteroatoms. The van der Waals surface area contributed by atoms with E-state index in [9.17, 15) is 4.79 Å². The van der Waals surface area contributed by atoms with Crippen LogP contribution in [-0.4, -0.2) is 22.7 Å². The van der Waals surface area contributed by atoms with Crippen LogP contribution in [0.4, 0.5) is 0 Å². The highest BCUT2D eigenvalue weighted by Crippen LogP contribution is 2.10. The molecule has 0 aliphatic carbocycles. The number of para-hydroxylation sites is 1. The second-order valence-corrected chi connectivity index (χ2v) is 4.38.